The summed E-state index contributed by atoms with van der Waals surface area (Å²) in [5, 5.41) is 19.7. The van der Waals surface area contributed by atoms with Crippen LogP contribution in [0.25, 0.3) is 10.9 Å². The minimum atomic E-state index is -3.13. The molecule has 5 rings (SSSR count). The van der Waals surface area contributed by atoms with Crippen molar-refractivity contribution in [2.24, 2.45) is 11.8 Å². The van der Waals surface area contributed by atoms with E-state index in [0.717, 1.165) is 29.3 Å². The van der Waals surface area contributed by atoms with Crippen LogP contribution in [0.15, 0.2) is 18.3 Å². The Balaban J connectivity index is 1.44. The molecule has 0 spiro atoms. The van der Waals surface area contributed by atoms with E-state index in [2.05, 4.69) is 10.2 Å². The molecule has 2 heterocycles. The average molecular weight is 382 g/mol. The molecule has 8 heteroatoms. The molecule has 0 bridgehead atoms. The van der Waals surface area contributed by atoms with Gasteiger partial charge in [-0.3, -0.25) is 5.10 Å². The van der Waals surface area contributed by atoms with Crippen molar-refractivity contribution in [3.63, 3.8) is 0 Å². The van der Waals surface area contributed by atoms with Crippen molar-refractivity contribution in [1.82, 2.24) is 14.5 Å². The number of hydrogen-bond donors (Lipinski definition) is 2. The third-order valence-electron chi connectivity index (χ3n) is 6.06. The molecule has 6 nitrogen and oxygen atoms in total. The first-order chi connectivity index (χ1) is 11.9. The highest BCUT2D eigenvalue weighted by atomic mass is 35.5. The number of sulfonamides is 1. The van der Waals surface area contributed by atoms with Gasteiger partial charge in [-0.2, -0.15) is 5.10 Å². The van der Waals surface area contributed by atoms with Crippen LogP contribution in [0.2, 0.25) is 5.02 Å². The van der Waals surface area contributed by atoms with Crippen molar-refractivity contribution in [1.29, 1.82) is 0 Å². The third kappa shape index (κ3) is 2.44. The molecule has 0 radical (unpaired) electrons. The number of nitrogens with zero attached hydrogens (tertiary/aromatic N) is 2. The van der Waals surface area contributed by atoms with Crippen LogP contribution >= 0.6 is 11.6 Å². The first-order valence-corrected chi connectivity index (χ1v) is 10.6. The van der Waals surface area contributed by atoms with E-state index in [4.69, 9.17) is 11.6 Å². The van der Waals surface area contributed by atoms with E-state index in [0.29, 0.717) is 31.0 Å². The summed E-state index contributed by atoms with van der Waals surface area (Å²) in [6.45, 7) is 1.05. The summed E-state index contributed by atoms with van der Waals surface area (Å²) in [7, 11) is -3.13. The molecule has 2 aromatic rings. The predicted octanol–water partition coefficient (Wildman–Crippen LogP) is 2.24. The topological polar surface area (TPSA) is 86.3 Å². The van der Waals surface area contributed by atoms with Gasteiger partial charge in [0.2, 0.25) is 10.0 Å². The van der Waals surface area contributed by atoms with Crippen LogP contribution in [0.3, 0.4) is 0 Å². The Kier molecular flexibility index (Phi) is 3.33. The lowest BCUT2D eigenvalue weighted by molar-refractivity contribution is 0.0352. The molecule has 2 aliphatic carbocycles. The van der Waals surface area contributed by atoms with Crippen LogP contribution in [-0.2, 0) is 15.6 Å². The Hall–Kier alpha value is -1.15. The number of aliphatic hydroxyl groups is 1. The van der Waals surface area contributed by atoms with Crippen LogP contribution < -0.4 is 0 Å². The summed E-state index contributed by atoms with van der Waals surface area (Å²) in [6, 6.07) is 3.63. The molecule has 0 amide bonds. The van der Waals surface area contributed by atoms with Crippen LogP contribution in [0.5, 0.6) is 0 Å². The smallest absolute Gasteiger partial charge is 0.216 e. The van der Waals surface area contributed by atoms with Crippen LogP contribution in [0, 0.1) is 11.8 Å². The van der Waals surface area contributed by atoms with E-state index >= 15 is 0 Å². The van der Waals surface area contributed by atoms with Gasteiger partial charge in [-0.15, -0.1) is 0 Å². The Morgan fingerprint density at radius 2 is 1.92 bits per heavy atom. The number of hydrogen-bond acceptors (Lipinski definition) is 4. The fourth-order valence-electron chi connectivity index (χ4n) is 4.70. The van der Waals surface area contributed by atoms with Gasteiger partial charge >= 0.3 is 0 Å². The lowest BCUT2D eigenvalue weighted by Gasteiger charge is -2.27. The van der Waals surface area contributed by atoms with Gasteiger partial charge in [0.15, 0.2) is 0 Å². The average Bonchev–Trinajstić information content (AvgIpc) is 3.07. The fourth-order valence-corrected chi connectivity index (χ4v) is 6.88. The summed E-state index contributed by atoms with van der Waals surface area (Å²) >= 11 is 6.23. The van der Waals surface area contributed by atoms with E-state index in [1.54, 1.807) is 10.5 Å². The lowest BCUT2D eigenvalue weighted by atomic mass is 9.89. The molecule has 3 fully saturated rings. The van der Waals surface area contributed by atoms with Crippen LogP contribution in [0.1, 0.15) is 31.2 Å². The molecule has 1 aliphatic heterocycles. The number of halogens is 1. The highest BCUT2D eigenvalue weighted by Gasteiger charge is 2.53. The minimum Gasteiger partial charge on any atom is -0.385 e. The van der Waals surface area contributed by atoms with Crippen LogP contribution in [0.4, 0.5) is 0 Å². The zero-order valence-electron chi connectivity index (χ0n) is 13.7. The molecule has 2 N–H and O–H groups in total. The highest BCUT2D eigenvalue weighted by molar-refractivity contribution is 7.90. The van der Waals surface area contributed by atoms with E-state index in [1.165, 1.54) is 0 Å². The number of nitrogens with one attached hydrogen (secondary N) is 1. The Labute approximate surface area is 151 Å². The monoisotopic (exact) mass is 381 g/mol. The van der Waals surface area contributed by atoms with Gasteiger partial charge < -0.3 is 5.11 Å². The number of fused-ring (bicyclic) bond motifs is 2. The number of H-pyrrole nitrogens is 1. The first kappa shape index (κ1) is 16.1. The van der Waals surface area contributed by atoms with E-state index in [-0.39, 0.29) is 17.1 Å². The molecular weight excluding hydrogens is 362 g/mol. The van der Waals surface area contributed by atoms with Crippen molar-refractivity contribution in [2.45, 2.75) is 36.5 Å². The SMILES string of the molecule is O=S(=O)(C1CC1)N1C[C@@H]2C[C@@](O)(c3cc(Cl)cc4cn[nH]c34)C[C@@H]2C1. The molecule has 1 saturated heterocycles. The molecule has 3 atom stereocenters. The maximum Gasteiger partial charge on any atom is 0.216 e. The Morgan fingerprint density at radius 1 is 1.24 bits per heavy atom. The molecule has 25 heavy (non-hydrogen) atoms. The molecule has 2 saturated carbocycles. The molecular formula is C17H20ClN3O3S. The van der Waals surface area contributed by atoms with E-state index < -0.39 is 15.6 Å². The molecule has 3 aliphatic rings. The maximum atomic E-state index is 12.5. The maximum absolute atomic E-state index is 12.5. The number of rotatable bonds is 3. The highest BCUT2D eigenvalue weighted by Crippen LogP contribution is 2.51. The second kappa shape index (κ2) is 5.19. The molecule has 1 aromatic carbocycles. The summed E-state index contributed by atoms with van der Waals surface area (Å²) < 4.78 is 26.6. The third-order valence-corrected chi connectivity index (χ3v) is 8.61. The van der Waals surface area contributed by atoms with E-state index in [9.17, 15) is 13.5 Å². The Bertz CT molecular complexity index is 939. The minimum absolute atomic E-state index is 0.164. The summed E-state index contributed by atoms with van der Waals surface area (Å²) in [4.78, 5) is 0. The summed E-state index contributed by atoms with van der Waals surface area (Å²) in [5.74, 6) is 0.381. The molecule has 0 unspecified atom stereocenters. The van der Waals surface area contributed by atoms with Gasteiger partial charge in [-0.25, -0.2) is 12.7 Å². The standard InChI is InChI=1S/C17H20ClN3O3S/c18-13-3-10-7-19-20-16(10)15(4-13)17(22)5-11-8-21(9-12(11)6-17)25(23,24)14-1-2-14/h3-4,7,11-12,14,22H,1-2,5-6,8-9H2,(H,19,20)/t11-,12+,17-. The number of aromatic amines is 1. The first-order valence-electron chi connectivity index (χ1n) is 8.71. The quantitative estimate of drug-likeness (QED) is 0.853. The predicted molar refractivity (Wildman–Crippen MR) is 94.7 cm³/mol. The van der Waals surface area contributed by atoms with Gasteiger partial charge in [0, 0.05) is 29.1 Å². The van der Waals surface area contributed by atoms with Gasteiger partial charge in [0.1, 0.15) is 0 Å². The molecule has 134 valence electrons. The normalized spacial score (nSPS) is 33.2. The lowest BCUT2D eigenvalue weighted by Crippen LogP contribution is -2.34. The van der Waals surface area contributed by atoms with Gasteiger partial charge in [0.05, 0.1) is 22.6 Å². The van der Waals surface area contributed by atoms with Crippen molar-refractivity contribution < 1.29 is 13.5 Å². The number of benzene rings is 1. The van der Waals surface area contributed by atoms with Gasteiger partial charge in [-0.1, -0.05) is 11.6 Å². The summed E-state index contributed by atoms with van der Waals surface area (Å²) in [6.07, 6.45) is 4.40. The molecule has 1 aromatic heterocycles. The fraction of sp³-hybridized carbons (Fsp3) is 0.588. The van der Waals surface area contributed by atoms with Crippen LogP contribution in [-0.4, -0.2) is 46.4 Å². The van der Waals surface area contributed by atoms with Gasteiger partial charge in [-0.05, 0) is 49.7 Å². The van der Waals surface area contributed by atoms with Crippen molar-refractivity contribution >= 4 is 32.5 Å². The second-order valence-corrected chi connectivity index (χ2v) is 10.5. The van der Waals surface area contributed by atoms with Gasteiger partial charge in [0.25, 0.3) is 0 Å². The van der Waals surface area contributed by atoms with Crippen molar-refractivity contribution in [3.8, 4) is 0 Å². The second-order valence-electron chi connectivity index (χ2n) is 7.81. The number of aromatic nitrogens is 2. The zero-order valence-corrected chi connectivity index (χ0v) is 15.2. The Morgan fingerprint density at radius 3 is 2.56 bits per heavy atom. The van der Waals surface area contributed by atoms with Crippen molar-refractivity contribution in [3.05, 3.63) is 28.9 Å². The van der Waals surface area contributed by atoms with E-state index in [1.807, 2.05) is 12.1 Å². The summed E-state index contributed by atoms with van der Waals surface area (Å²) in [5.41, 5.74) is 0.605. The zero-order chi connectivity index (χ0) is 17.4. The van der Waals surface area contributed by atoms with Crippen molar-refractivity contribution in [2.75, 3.05) is 13.1 Å². The largest absolute Gasteiger partial charge is 0.385 e.